The zero-order valence-corrected chi connectivity index (χ0v) is 12.0. The van der Waals surface area contributed by atoms with Gasteiger partial charge in [0.15, 0.2) is 0 Å². The minimum absolute atomic E-state index is 0.117. The van der Waals surface area contributed by atoms with Gasteiger partial charge in [0.1, 0.15) is 10.6 Å². The molecule has 1 unspecified atom stereocenters. The first kappa shape index (κ1) is 15.2. The summed E-state index contributed by atoms with van der Waals surface area (Å²) >= 11 is 0. The monoisotopic (exact) mass is 312 g/mol. The Hall–Kier alpha value is -0.860. The van der Waals surface area contributed by atoms with Crippen LogP contribution in [-0.2, 0) is 19.9 Å². The van der Waals surface area contributed by atoms with Gasteiger partial charge < -0.3 is 10.3 Å². The van der Waals surface area contributed by atoms with Gasteiger partial charge in [0.2, 0.25) is 0 Å². The fourth-order valence-electron chi connectivity index (χ4n) is 1.22. The van der Waals surface area contributed by atoms with Crippen LogP contribution >= 0.6 is 10.7 Å². The number of amides is 1. The normalized spacial score (nSPS) is 13.2. The molecule has 1 aromatic rings. The molecule has 1 atom stereocenters. The molecule has 1 rings (SSSR count). The van der Waals surface area contributed by atoms with E-state index in [1.165, 1.54) is 0 Å². The molecule has 0 aliphatic heterocycles. The molecule has 0 saturated heterocycles. The van der Waals surface area contributed by atoms with E-state index in [9.17, 15) is 17.4 Å². The fourth-order valence-corrected chi connectivity index (χ4v) is 2.50. The van der Waals surface area contributed by atoms with E-state index in [1.54, 1.807) is 6.26 Å². The number of H-pyrrole nitrogens is 1. The molecule has 1 heterocycles. The summed E-state index contributed by atoms with van der Waals surface area (Å²) in [5.41, 5.74) is 0.117. The van der Waals surface area contributed by atoms with Gasteiger partial charge in [-0.1, -0.05) is 0 Å². The van der Waals surface area contributed by atoms with Crippen LogP contribution in [0.1, 0.15) is 16.9 Å². The molecule has 102 valence electrons. The molecule has 0 bridgehead atoms. The minimum Gasteiger partial charge on any atom is -0.356 e. The molecule has 1 aromatic heterocycles. The second-order valence-electron chi connectivity index (χ2n) is 3.57. The van der Waals surface area contributed by atoms with Gasteiger partial charge in [-0.25, -0.2) is 8.42 Å². The Morgan fingerprint density at radius 1 is 1.56 bits per heavy atom. The van der Waals surface area contributed by atoms with Gasteiger partial charge in [-0.2, -0.15) is 0 Å². The number of rotatable bonds is 6. The maximum absolute atomic E-state index is 11.6. The van der Waals surface area contributed by atoms with Crippen LogP contribution in [0.3, 0.4) is 0 Å². The summed E-state index contributed by atoms with van der Waals surface area (Å²) in [5, 5.41) is 2.58. The van der Waals surface area contributed by atoms with Crippen molar-refractivity contribution in [3.63, 3.8) is 0 Å². The lowest BCUT2D eigenvalue weighted by atomic mass is 10.4. The van der Waals surface area contributed by atoms with E-state index >= 15 is 0 Å². The van der Waals surface area contributed by atoms with Crippen LogP contribution < -0.4 is 5.32 Å². The van der Waals surface area contributed by atoms with Crippen molar-refractivity contribution in [3.05, 3.63) is 18.0 Å². The predicted octanol–water partition coefficient (Wildman–Crippen LogP) is 0.441. The van der Waals surface area contributed by atoms with Crippen molar-refractivity contribution >= 4 is 36.4 Å². The van der Waals surface area contributed by atoms with Gasteiger partial charge in [-0.05, 0) is 12.5 Å². The lowest BCUT2D eigenvalue weighted by Crippen LogP contribution is -2.25. The van der Waals surface area contributed by atoms with Gasteiger partial charge in [-0.15, -0.1) is 0 Å². The molecular formula is C9H13ClN2O4S2. The van der Waals surface area contributed by atoms with Gasteiger partial charge in [0.05, 0.1) is 0 Å². The topological polar surface area (TPSA) is 96.1 Å². The molecule has 18 heavy (non-hydrogen) atoms. The van der Waals surface area contributed by atoms with Crippen LogP contribution in [0.5, 0.6) is 0 Å². The average Bonchev–Trinajstić information content (AvgIpc) is 2.72. The average molecular weight is 313 g/mol. The molecule has 0 radical (unpaired) electrons. The minimum atomic E-state index is -3.83. The largest absolute Gasteiger partial charge is 0.356 e. The smallest absolute Gasteiger partial charge is 0.267 e. The summed E-state index contributed by atoms with van der Waals surface area (Å²) in [5.74, 6) is 0.0789. The summed E-state index contributed by atoms with van der Waals surface area (Å²) in [6.07, 6.45) is 3.33. The van der Waals surface area contributed by atoms with E-state index in [4.69, 9.17) is 10.7 Å². The Labute approximate surface area is 112 Å². The van der Waals surface area contributed by atoms with Gasteiger partial charge in [-0.3, -0.25) is 9.00 Å². The van der Waals surface area contributed by atoms with E-state index in [0.717, 1.165) is 12.3 Å². The van der Waals surface area contributed by atoms with E-state index < -0.39 is 25.8 Å². The second kappa shape index (κ2) is 6.35. The lowest BCUT2D eigenvalue weighted by Gasteiger charge is -2.02. The number of nitrogens with one attached hydrogen (secondary N) is 2. The molecule has 0 fully saturated rings. The number of hydrogen-bond donors (Lipinski definition) is 2. The van der Waals surface area contributed by atoms with E-state index in [2.05, 4.69) is 10.3 Å². The zero-order valence-electron chi connectivity index (χ0n) is 9.60. The summed E-state index contributed by atoms with van der Waals surface area (Å²) in [7, 11) is 0.405. The predicted molar refractivity (Wildman–Crippen MR) is 69.7 cm³/mol. The number of aromatic nitrogens is 1. The van der Waals surface area contributed by atoms with Crippen LogP contribution in [0.4, 0.5) is 0 Å². The highest BCUT2D eigenvalue weighted by Gasteiger charge is 2.15. The Morgan fingerprint density at radius 3 is 2.72 bits per heavy atom. The van der Waals surface area contributed by atoms with Crippen molar-refractivity contribution in [1.82, 2.24) is 10.3 Å². The number of aromatic amines is 1. The van der Waals surface area contributed by atoms with E-state index in [0.29, 0.717) is 18.7 Å². The highest BCUT2D eigenvalue weighted by atomic mass is 35.7. The Balaban J connectivity index is 2.52. The third-order valence-electron chi connectivity index (χ3n) is 2.08. The Kier molecular flexibility index (Phi) is 5.36. The molecule has 0 aromatic carbocycles. The molecule has 0 aliphatic carbocycles. The fraction of sp³-hybridized carbons (Fsp3) is 0.444. The van der Waals surface area contributed by atoms with E-state index in [-0.39, 0.29) is 10.6 Å². The van der Waals surface area contributed by atoms with Crippen molar-refractivity contribution in [2.24, 2.45) is 0 Å². The number of carbonyl (C=O) groups excluding carboxylic acids is 1. The van der Waals surface area contributed by atoms with Crippen LogP contribution in [0, 0.1) is 0 Å². The van der Waals surface area contributed by atoms with Crippen LogP contribution in [0.15, 0.2) is 17.2 Å². The maximum atomic E-state index is 11.6. The summed E-state index contributed by atoms with van der Waals surface area (Å²) in [4.78, 5) is 14.0. The number of carbonyl (C=O) groups is 1. The molecule has 2 N–H and O–H groups in total. The first-order valence-electron chi connectivity index (χ1n) is 5.02. The van der Waals surface area contributed by atoms with Crippen molar-refractivity contribution < 1.29 is 17.4 Å². The maximum Gasteiger partial charge on any atom is 0.267 e. The molecule has 0 saturated carbocycles. The first-order valence-corrected chi connectivity index (χ1v) is 9.05. The first-order chi connectivity index (χ1) is 8.30. The van der Waals surface area contributed by atoms with Crippen molar-refractivity contribution in [2.45, 2.75) is 11.3 Å². The summed E-state index contributed by atoms with van der Waals surface area (Å²) < 4.78 is 32.8. The van der Waals surface area contributed by atoms with E-state index in [1.807, 2.05) is 0 Å². The lowest BCUT2D eigenvalue weighted by molar-refractivity contribution is 0.0949. The van der Waals surface area contributed by atoms with Gasteiger partial charge in [0.25, 0.3) is 15.0 Å². The number of halogens is 1. The third kappa shape index (κ3) is 4.79. The Bertz CT molecular complexity index is 553. The van der Waals surface area contributed by atoms with Gasteiger partial charge >= 0.3 is 0 Å². The second-order valence-corrected chi connectivity index (χ2v) is 7.69. The van der Waals surface area contributed by atoms with Crippen molar-refractivity contribution in [1.29, 1.82) is 0 Å². The van der Waals surface area contributed by atoms with Gasteiger partial charge in [0, 0.05) is 46.2 Å². The van der Waals surface area contributed by atoms with Crippen LogP contribution in [0.25, 0.3) is 0 Å². The molecule has 1 amide bonds. The Morgan fingerprint density at radius 2 is 2.22 bits per heavy atom. The van der Waals surface area contributed by atoms with Crippen LogP contribution in [-0.4, -0.2) is 42.1 Å². The molecule has 6 nitrogen and oxygen atoms in total. The zero-order chi connectivity index (χ0) is 13.8. The highest BCUT2D eigenvalue weighted by molar-refractivity contribution is 8.13. The molecular weight excluding hydrogens is 300 g/mol. The molecule has 9 heteroatoms. The van der Waals surface area contributed by atoms with Crippen LogP contribution in [0.2, 0.25) is 0 Å². The quantitative estimate of drug-likeness (QED) is 0.588. The summed E-state index contributed by atoms with van der Waals surface area (Å²) in [6, 6.07) is 1.16. The third-order valence-corrected chi connectivity index (χ3v) is 4.27. The number of hydrogen-bond acceptors (Lipinski definition) is 4. The highest BCUT2D eigenvalue weighted by Crippen LogP contribution is 2.15. The molecule has 0 spiro atoms. The van der Waals surface area contributed by atoms with Crippen molar-refractivity contribution in [3.8, 4) is 0 Å². The van der Waals surface area contributed by atoms with Crippen molar-refractivity contribution in [2.75, 3.05) is 18.6 Å². The summed E-state index contributed by atoms with van der Waals surface area (Å²) in [6.45, 7) is 0.375. The standard InChI is InChI=1S/C9H13ClN2O4S2/c1-17(14)4-2-3-11-9(13)8-5-7(6-12-8)18(10,15)16/h5-6,12H,2-4H2,1H3,(H,11,13). The SMILES string of the molecule is CS(=O)CCCNC(=O)c1cc(S(=O)(=O)Cl)c[nH]1. The molecule has 0 aliphatic rings.